The van der Waals surface area contributed by atoms with Crippen LogP contribution in [0.3, 0.4) is 0 Å². The second-order valence-electron chi connectivity index (χ2n) is 5.53. The minimum absolute atomic E-state index is 0.00612. The van der Waals surface area contributed by atoms with Crippen molar-refractivity contribution in [3.63, 3.8) is 0 Å². The Hall–Kier alpha value is -1.81. The van der Waals surface area contributed by atoms with Gasteiger partial charge in [-0.3, -0.25) is 4.79 Å². The second kappa shape index (κ2) is 6.97. The lowest BCUT2D eigenvalue weighted by molar-refractivity contribution is -0.118. The Morgan fingerprint density at radius 3 is 2.27 bits per heavy atom. The topological polar surface area (TPSA) is 38.3 Å². The number of halogens is 1. The highest BCUT2D eigenvalue weighted by atomic mass is 79.9. The van der Waals surface area contributed by atoms with Crippen LogP contribution in [0.5, 0.6) is 5.75 Å². The second-order valence-corrected chi connectivity index (χ2v) is 6.32. The molecule has 4 heteroatoms. The molecular weight excluding hydrogens is 342 g/mol. The molecule has 3 nitrogen and oxygen atoms in total. The van der Waals surface area contributed by atoms with Crippen LogP contribution in [0.25, 0.3) is 0 Å². The summed E-state index contributed by atoms with van der Waals surface area (Å²) in [5.74, 6) is 0.541. The number of anilines is 1. The third-order valence-corrected chi connectivity index (χ3v) is 4.69. The Morgan fingerprint density at radius 2 is 1.68 bits per heavy atom. The van der Waals surface area contributed by atoms with Crippen LogP contribution < -0.4 is 10.1 Å². The first kappa shape index (κ1) is 16.6. The zero-order chi connectivity index (χ0) is 16.3. The van der Waals surface area contributed by atoms with Gasteiger partial charge < -0.3 is 10.1 Å². The highest BCUT2D eigenvalue weighted by molar-refractivity contribution is 9.10. The third-order valence-electron chi connectivity index (χ3n) is 3.44. The van der Waals surface area contributed by atoms with Gasteiger partial charge >= 0.3 is 0 Å². The molecule has 0 bridgehead atoms. The zero-order valence-electron chi connectivity index (χ0n) is 13.3. The molecule has 0 atom stereocenters. The molecule has 0 aliphatic heterocycles. The summed E-state index contributed by atoms with van der Waals surface area (Å²) in [6, 6.07) is 9.77. The first-order valence-corrected chi connectivity index (χ1v) is 7.93. The number of aryl methyl sites for hydroxylation is 4. The SMILES string of the molecule is Cc1ccc(NC(=O)COc2cc(C)c(Br)c(C)c2)c(C)c1. The molecular formula is C18H20BrNO2. The van der Waals surface area contributed by atoms with Crippen molar-refractivity contribution in [1.29, 1.82) is 0 Å². The van der Waals surface area contributed by atoms with Crippen LogP contribution in [0.2, 0.25) is 0 Å². The predicted molar refractivity (Wildman–Crippen MR) is 93.7 cm³/mol. The molecule has 0 saturated carbocycles. The lowest BCUT2D eigenvalue weighted by atomic mass is 10.1. The molecule has 1 N–H and O–H groups in total. The van der Waals surface area contributed by atoms with Gasteiger partial charge in [0.1, 0.15) is 5.75 Å². The van der Waals surface area contributed by atoms with Crippen molar-refractivity contribution in [3.05, 3.63) is 57.1 Å². The summed E-state index contributed by atoms with van der Waals surface area (Å²) >= 11 is 3.52. The van der Waals surface area contributed by atoms with Gasteiger partial charge in [-0.1, -0.05) is 33.6 Å². The van der Waals surface area contributed by atoms with E-state index < -0.39 is 0 Å². The Morgan fingerprint density at radius 1 is 1.05 bits per heavy atom. The maximum absolute atomic E-state index is 12.0. The first-order valence-electron chi connectivity index (χ1n) is 7.13. The van der Waals surface area contributed by atoms with Crippen LogP contribution >= 0.6 is 15.9 Å². The standard InChI is InChI=1S/C18H20BrNO2/c1-11-5-6-16(12(2)7-11)20-17(21)10-22-15-8-13(3)18(19)14(4)9-15/h5-9H,10H2,1-4H3,(H,20,21). The fourth-order valence-electron chi connectivity index (χ4n) is 2.28. The van der Waals surface area contributed by atoms with E-state index in [1.54, 1.807) is 0 Å². The van der Waals surface area contributed by atoms with Crippen molar-refractivity contribution in [2.75, 3.05) is 11.9 Å². The molecule has 0 aromatic heterocycles. The molecule has 1 amide bonds. The Kier molecular flexibility index (Phi) is 5.24. The average molecular weight is 362 g/mol. The largest absolute Gasteiger partial charge is 0.484 e. The Labute approximate surface area is 139 Å². The van der Waals surface area contributed by atoms with Crippen LogP contribution in [0.4, 0.5) is 5.69 Å². The quantitative estimate of drug-likeness (QED) is 0.856. The molecule has 2 aromatic rings. The van der Waals surface area contributed by atoms with Crippen LogP contribution in [0.15, 0.2) is 34.8 Å². The van der Waals surface area contributed by atoms with E-state index in [0.717, 1.165) is 26.9 Å². The van der Waals surface area contributed by atoms with Gasteiger partial charge in [0.2, 0.25) is 0 Å². The van der Waals surface area contributed by atoms with E-state index in [1.807, 2.05) is 58.0 Å². The monoisotopic (exact) mass is 361 g/mol. The minimum atomic E-state index is -0.162. The maximum Gasteiger partial charge on any atom is 0.262 e. The highest BCUT2D eigenvalue weighted by Crippen LogP contribution is 2.26. The number of hydrogen-bond donors (Lipinski definition) is 1. The van der Waals surface area contributed by atoms with Gasteiger partial charge in [0.25, 0.3) is 5.91 Å². The summed E-state index contributed by atoms with van der Waals surface area (Å²) in [5.41, 5.74) is 5.22. The van der Waals surface area contributed by atoms with Crippen molar-refractivity contribution < 1.29 is 9.53 Å². The number of nitrogens with one attached hydrogen (secondary N) is 1. The van der Waals surface area contributed by atoms with Gasteiger partial charge in [-0.05, 0) is 62.6 Å². The van der Waals surface area contributed by atoms with Crippen molar-refractivity contribution in [1.82, 2.24) is 0 Å². The van der Waals surface area contributed by atoms with E-state index in [4.69, 9.17) is 4.74 Å². The summed E-state index contributed by atoms with van der Waals surface area (Å²) in [6.07, 6.45) is 0. The van der Waals surface area contributed by atoms with Crippen molar-refractivity contribution in [2.45, 2.75) is 27.7 Å². The number of ether oxygens (including phenoxy) is 1. The molecule has 0 spiro atoms. The zero-order valence-corrected chi connectivity index (χ0v) is 14.9. The lowest BCUT2D eigenvalue weighted by Crippen LogP contribution is -2.20. The number of carbonyl (C=O) groups excluding carboxylic acids is 1. The van der Waals surface area contributed by atoms with E-state index in [9.17, 15) is 4.79 Å². The van der Waals surface area contributed by atoms with Crippen molar-refractivity contribution in [2.24, 2.45) is 0 Å². The third kappa shape index (κ3) is 4.10. The predicted octanol–water partition coefficient (Wildman–Crippen LogP) is 4.70. The fourth-order valence-corrected chi connectivity index (χ4v) is 2.51. The molecule has 116 valence electrons. The van der Waals surface area contributed by atoms with E-state index in [-0.39, 0.29) is 12.5 Å². The molecule has 0 heterocycles. The number of benzene rings is 2. The number of carbonyl (C=O) groups is 1. The summed E-state index contributed by atoms with van der Waals surface area (Å²) in [7, 11) is 0. The van der Waals surface area contributed by atoms with Crippen LogP contribution in [0.1, 0.15) is 22.3 Å². The van der Waals surface area contributed by atoms with Gasteiger partial charge in [-0.25, -0.2) is 0 Å². The molecule has 22 heavy (non-hydrogen) atoms. The molecule has 2 rings (SSSR count). The molecule has 0 fully saturated rings. The van der Waals surface area contributed by atoms with E-state index in [1.165, 1.54) is 5.56 Å². The first-order chi connectivity index (χ1) is 10.4. The molecule has 2 aromatic carbocycles. The molecule has 0 aliphatic rings. The summed E-state index contributed by atoms with van der Waals surface area (Å²) in [6.45, 7) is 8.00. The van der Waals surface area contributed by atoms with Gasteiger partial charge in [0, 0.05) is 10.2 Å². The molecule has 0 unspecified atom stereocenters. The molecule has 0 saturated heterocycles. The van der Waals surface area contributed by atoms with Crippen LogP contribution in [0, 0.1) is 27.7 Å². The van der Waals surface area contributed by atoms with Crippen LogP contribution in [-0.2, 0) is 4.79 Å². The molecule has 0 radical (unpaired) electrons. The summed E-state index contributed by atoms with van der Waals surface area (Å²) in [5, 5.41) is 2.88. The van der Waals surface area contributed by atoms with Gasteiger partial charge in [0.05, 0.1) is 0 Å². The maximum atomic E-state index is 12.0. The number of amides is 1. The smallest absolute Gasteiger partial charge is 0.262 e. The summed E-state index contributed by atoms with van der Waals surface area (Å²) in [4.78, 5) is 12.0. The Balaban J connectivity index is 1.98. The molecule has 0 aliphatic carbocycles. The average Bonchev–Trinajstić information content (AvgIpc) is 2.45. The van der Waals surface area contributed by atoms with Crippen molar-refractivity contribution >= 4 is 27.5 Å². The van der Waals surface area contributed by atoms with Gasteiger partial charge in [-0.2, -0.15) is 0 Å². The van der Waals surface area contributed by atoms with E-state index in [2.05, 4.69) is 21.2 Å². The van der Waals surface area contributed by atoms with E-state index in [0.29, 0.717) is 5.75 Å². The summed E-state index contributed by atoms with van der Waals surface area (Å²) < 4.78 is 6.66. The number of rotatable bonds is 4. The lowest BCUT2D eigenvalue weighted by Gasteiger charge is -2.12. The van der Waals surface area contributed by atoms with E-state index >= 15 is 0 Å². The van der Waals surface area contributed by atoms with Crippen molar-refractivity contribution in [3.8, 4) is 5.75 Å². The number of hydrogen-bond acceptors (Lipinski definition) is 2. The minimum Gasteiger partial charge on any atom is -0.484 e. The van der Waals surface area contributed by atoms with Gasteiger partial charge in [-0.15, -0.1) is 0 Å². The Bertz CT molecular complexity index is 687. The normalized spacial score (nSPS) is 10.4. The van der Waals surface area contributed by atoms with Crippen LogP contribution in [-0.4, -0.2) is 12.5 Å². The fraction of sp³-hybridized carbons (Fsp3) is 0.278. The van der Waals surface area contributed by atoms with Gasteiger partial charge in [0.15, 0.2) is 6.61 Å². The highest BCUT2D eigenvalue weighted by Gasteiger charge is 2.08.